The molecule has 0 unspecified atom stereocenters. The number of carbonyl (C=O) groups is 1. The van der Waals surface area contributed by atoms with E-state index in [1.165, 1.54) is 40.4 Å². The Morgan fingerprint density at radius 1 is 1.23 bits per heavy atom. The van der Waals surface area contributed by atoms with Crippen molar-refractivity contribution in [1.82, 2.24) is 9.55 Å². The summed E-state index contributed by atoms with van der Waals surface area (Å²) in [6.07, 6.45) is 1.37. The fourth-order valence-electron chi connectivity index (χ4n) is 2.61. The molecule has 0 aliphatic heterocycles. The van der Waals surface area contributed by atoms with Crippen LogP contribution < -0.4 is 10.9 Å². The Bertz CT molecular complexity index is 1150. The summed E-state index contributed by atoms with van der Waals surface area (Å²) in [5.74, 6) is -0.867. The molecule has 1 N–H and O–H groups in total. The van der Waals surface area contributed by atoms with Crippen molar-refractivity contribution >= 4 is 44.5 Å². The molecule has 0 aliphatic rings. The van der Waals surface area contributed by atoms with Gasteiger partial charge >= 0.3 is 0 Å². The Morgan fingerprint density at radius 3 is 2.88 bits per heavy atom. The molecule has 130 valence electrons. The largest absolute Gasteiger partial charge is 0.324 e. The van der Waals surface area contributed by atoms with E-state index in [9.17, 15) is 14.0 Å². The molecule has 0 aliphatic carbocycles. The van der Waals surface area contributed by atoms with E-state index >= 15 is 0 Å². The van der Waals surface area contributed by atoms with Gasteiger partial charge < -0.3 is 5.32 Å². The molecule has 0 fully saturated rings. The Morgan fingerprint density at radius 2 is 2.12 bits per heavy atom. The van der Waals surface area contributed by atoms with Gasteiger partial charge in [0.2, 0.25) is 5.91 Å². The third-order valence-electron chi connectivity index (χ3n) is 3.77. The first kappa shape index (κ1) is 16.6. The number of nitrogens with zero attached hydrogens (tertiary/aromatic N) is 2. The van der Waals surface area contributed by atoms with Gasteiger partial charge in [-0.25, -0.2) is 9.37 Å². The van der Waals surface area contributed by atoms with E-state index in [2.05, 4.69) is 10.3 Å². The second-order valence-corrected chi connectivity index (χ2v) is 7.35. The zero-order valence-electron chi connectivity index (χ0n) is 13.3. The van der Waals surface area contributed by atoms with Gasteiger partial charge in [0, 0.05) is 21.5 Å². The van der Waals surface area contributed by atoms with Crippen LogP contribution in [-0.4, -0.2) is 15.5 Å². The van der Waals surface area contributed by atoms with Gasteiger partial charge in [-0.1, -0.05) is 12.1 Å². The molecule has 0 bridgehead atoms. The van der Waals surface area contributed by atoms with Crippen molar-refractivity contribution in [2.45, 2.75) is 6.54 Å². The van der Waals surface area contributed by atoms with Crippen LogP contribution in [-0.2, 0) is 11.3 Å². The number of anilines is 1. The SMILES string of the molecule is O=C(Cn1cnc2scc(-c3cccs3)c2c1=O)Nc1cccc(F)c1. The van der Waals surface area contributed by atoms with Crippen LogP contribution >= 0.6 is 22.7 Å². The highest BCUT2D eigenvalue weighted by molar-refractivity contribution is 7.18. The number of aromatic nitrogens is 2. The van der Waals surface area contributed by atoms with Crippen molar-refractivity contribution in [1.29, 1.82) is 0 Å². The van der Waals surface area contributed by atoms with Crippen molar-refractivity contribution in [3.8, 4) is 10.4 Å². The molecule has 8 heteroatoms. The number of hydrogen-bond acceptors (Lipinski definition) is 5. The van der Waals surface area contributed by atoms with Crippen LogP contribution in [0, 0.1) is 5.82 Å². The molecule has 5 nitrogen and oxygen atoms in total. The quantitative estimate of drug-likeness (QED) is 0.578. The zero-order chi connectivity index (χ0) is 18.1. The summed E-state index contributed by atoms with van der Waals surface area (Å²) in [5, 5.41) is 6.94. The summed E-state index contributed by atoms with van der Waals surface area (Å²) >= 11 is 2.94. The van der Waals surface area contributed by atoms with Gasteiger partial charge in [0.05, 0.1) is 11.7 Å². The predicted molar refractivity (Wildman–Crippen MR) is 102 cm³/mol. The highest BCUT2D eigenvalue weighted by atomic mass is 32.1. The smallest absolute Gasteiger partial charge is 0.263 e. The molecule has 0 saturated heterocycles. The summed E-state index contributed by atoms with van der Waals surface area (Å²) in [6.45, 7) is -0.196. The van der Waals surface area contributed by atoms with Crippen molar-refractivity contribution < 1.29 is 9.18 Å². The van der Waals surface area contributed by atoms with Crippen molar-refractivity contribution in [3.63, 3.8) is 0 Å². The van der Waals surface area contributed by atoms with Crippen LogP contribution in [0.5, 0.6) is 0 Å². The maximum absolute atomic E-state index is 13.2. The lowest BCUT2D eigenvalue weighted by Crippen LogP contribution is -2.27. The Balaban J connectivity index is 1.65. The molecule has 0 spiro atoms. The maximum Gasteiger partial charge on any atom is 0.263 e. The number of carbonyl (C=O) groups excluding carboxylic acids is 1. The highest BCUT2D eigenvalue weighted by Gasteiger charge is 2.15. The number of benzene rings is 1. The average molecular weight is 385 g/mol. The topological polar surface area (TPSA) is 64.0 Å². The predicted octanol–water partition coefficient (Wildman–Crippen LogP) is 3.96. The minimum Gasteiger partial charge on any atom is -0.324 e. The Kier molecular flexibility index (Phi) is 4.36. The molecule has 0 saturated carbocycles. The van der Waals surface area contributed by atoms with Gasteiger partial charge in [0.25, 0.3) is 5.56 Å². The summed E-state index contributed by atoms with van der Waals surface area (Å²) < 4.78 is 14.5. The van der Waals surface area contributed by atoms with Gasteiger partial charge in [-0.2, -0.15) is 0 Å². The maximum atomic E-state index is 13.2. The molecule has 4 aromatic rings. The summed E-state index contributed by atoms with van der Waals surface area (Å²) in [7, 11) is 0. The molecule has 4 rings (SSSR count). The molecule has 0 radical (unpaired) electrons. The van der Waals surface area contributed by atoms with Gasteiger partial charge in [-0.15, -0.1) is 22.7 Å². The van der Waals surface area contributed by atoms with E-state index in [-0.39, 0.29) is 12.1 Å². The van der Waals surface area contributed by atoms with Crippen LogP contribution in [0.1, 0.15) is 0 Å². The Hall–Kier alpha value is -2.84. The molecule has 0 atom stereocenters. The number of hydrogen-bond donors (Lipinski definition) is 1. The van der Waals surface area contributed by atoms with E-state index in [1.54, 1.807) is 17.4 Å². The van der Waals surface area contributed by atoms with Crippen molar-refractivity contribution in [2.24, 2.45) is 0 Å². The van der Waals surface area contributed by atoms with Gasteiger partial charge in [0.15, 0.2) is 0 Å². The third-order valence-corrected chi connectivity index (χ3v) is 5.56. The minimum atomic E-state index is -0.443. The van der Waals surface area contributed by atoms with E-state index in [0.717, 1.165) is 10.4 Å². The lowest BCUT2D eigenvalue weighted by molar-refractivity contribution is -0.116. The molecule has 26 heavy (non-hydrogen) atoms. The Labute approximate surface area is 155 Å². The number of rotatable bonds is 4. The van der Waals surface area contributed by atoms with Gasteiger partial charge in [-0.3, -0.25) is 14.2 Å². The van der Waals surface area contributed by atoms with Crippen molar-refractivity contribution in [3.05, 3.63) is 69.7 Å². The minimum absolute atomic E-state index is 0.196. The second-order valence-electron chi connectivity index (χ2n) is 5.54. The highest BCUT2D eigenvalue weighted by Crippen LogP contribution is 2.33. The summed E-state index contributed by atoms with van der Waals surface area (Å²) in [6, 6.07) is 9.46. The van der Waals surface area contributed by atoms with Gasteiger partial charge in [-0.05, 0) is 29.6 Å². The molecule has 1 aromatic carbocycles. The fraction of sp³-hybridized carbons (Fsp3) is 0.0556. The zero-order valence-corrected chi connectivity index (χ0v) is 14.9. The van der Waals surface area contributed by atoms with Crippen LogP contribution in [0.3, 0.4) is 0 Å². The third kappa shape index (κ3) is 3.16. The summed E-state index contributed by atoms with van der Waals surface area (Å²) in [5.41, 5.74) is 0.901. The van der Waals surface area contributed by atoms with Crippen LogP contribution in [0.2, 0.25) is 0 Å². The number of halogens is 1. The first-order valence-corrected chi connectivity index (χ1v) is 9.43. The molecule has 3 aromatic heterocycles. The molecular weight excluding hydrogens is 373 g/mol. The second kappa shape index (κ2) is 6.81. The lowest BCUT2D eigenvalue weighted by atomic mass is 10.2. The number of nitrogens with one attached hydrogen (secondary N) is 1. The van der Waals surface area contributed by atoms with Gasteiger partial charge in [0.1, 0.15) is 17.2 Å². The fourth-order valence-corrected chi connectivity index (χ4v) is 4.34. The molecular formula is C18H12FN3O2S2. The van der Waals surface area contributed by atoms with Crippen LogP contribution in [0.4, 0.5) is 10.1 Å². The first-order chi connectivity index (χ1) is 12.6. The van der Waals surface area contributed by atoms with Crippen molar-refractivity contribution in [2.75, 3.05) is 5.32 Å². The van der Waals surface area contributed by atoms with E-state index in [1.807, 2.05) is 22.9 Å². The van der Waals surface area contributed by atoms with E-state index in [0.29, 0.717) is 15.9 Å². The standard InChI is InChI=1S/C18H12FN3O2S2/c19-11-3-1-4-12(7-11)21-15(23)8-22-10-20-17-16(18(22)24)13(9-26-17)14-5-2-6-25-14/h1-7,9-10H,8H2,(H,21,23). The number of amides is 1. The lowest BCUT2D eigenvalue weighted by Gasteiger charge is -2.07. The average Bonchev–Trinajstić information content (AvgIpc) is 3.26. The van der Waals surface area contributed by atoms with Crippen LogP contribution in [0.15, 0.2) is 58.3 Å². The summed E-state index contributed by atoms with van der Waals surface area (Å²) in [4.78, 5) is 31.0. The van der Waals surface area contributed by atoms with Crippen LogP contribution in [0.25, 0.3) is 20.7 Å². The normalized spacial score (nSPS) is 11.0. The number of fused-ring (bicyclic) bond motifs is 1. The first-order valence-electron chi connectivity index (χ1n) is 7.68. The molecule has 3 heterocycles. The monoisotopic (exact) mass is 385 g/mol. The van der Waals surface area contributed by atoms with E-state index in [4.69, 9.17) is 0 Å². The number of thiophene rings is 2. The molecule has 1 amide bonds. The van der Waals surface area contributed by atoms with E-state index < -0.39 is 11.7 Å².